The molecule has 0 saturated heterocycles. The standard InChI is InChI=1S/C75H132O6/c1-4-7-10-13-16-19-22-24-26-28-30-31-32-33-34-35-36-37-38-39-40-41-42-43-45-46-48-50-53-56-59-62-65-68-74(77)80-71-72(70-79-73(76)67-64-61-58-55-52-21-18-15-12-9-6-3)81-75(78)69-66-63-60-57-54-51-49-47-44-29-27-25-23-20-17-14-11-8-5-2/h7,10,15-20,24-27,30-31,72H,4-6,8-9,11-14,21-23,28-29,32-71H2,1-3H3/b10-7-,18-15-,19-16-,20-17-,26-24-,27-25-,31-30-. The molecule has 0 aliphatic heterocycles. The van der Waals surface area contributed by atoms with Gasteiger partial charge in [-0.3, -0.25) is 14.4 Å². The summed E-state index contributed by atoms with van der Waals surface area (Å²) in [5.41, 5.74) is 0. The van der Waals surface area contributed by atoms with Crippen LogP contribution in [0.5, 0.6) is 0 Å². The van der Waals surface area contributed by atoms with E-state index in [0.717, 1.165) is 96.3 Å². The molecule has 0 fully saturated rings. The van der Waals surface area contributed by atoms with E-state index < -0.39 is 6.10 Å². The average Bonchev–Trinajstić information content (AvgIpc) is 3.47. The van der Waals surface area contributed by atoms with Crippen molar-refractivity contribution in [2.24, 2.45) is 0 Å². The lowest BCUT2D eigenvalue weighted by molar-refractivity contribution is -0.167. The minimum Gasteiger partial charge on any atom is -0.462 e. The second kappa shape index (κ2) is 69.1. The molecule has 0 saturated carbocycles. The average molecular weight is 1130 g/mol. The molecule has 0 aromatic heterocycles. The molecular formula is C75H132O6. The van der Waals surface area contributed by atoms with Gasteiger partial charge in [0.25, 0.3) is 0 Å². The molecule has 0 amide bonds. The highest BCUT2D eigenvalue weighted by Crippen LogP contribution is 2.18. The maximum atomic E-state index is 12.9. The first kappa shape index (κ1) is 77.6. The Morgan fingerprint density at radius 1 is 0.259 bits per heavy atom. The summed E-state index contributed by atoms with van der Waals surface area (Å²) in [6, 6.07) is 0. The van der Waals surface area contributed by atoms with Gasteiger partial charge in [0.1, 0.15) is 13.2 Å². The van der Waals surface area contributed by atoms with Crippen LogP contribution < -0.4 is 0 Å². The van der Waals surface area contributed by atoms with Crippen molar-refractivity contribution >= 4 is 17.9 Å². The van der Waals surface area contributed by atoms with Crippen molar-refractivity contribution in [1.29, 1.82) is 0 Å². The van der Waals surface area contributed by atoms with Crippen LogP contribution in [0.4, 0.5) is 0 Å². The molecule has 468 valence electrons. The van der Waals surface area contributed by atoms with Crippen LogP contribution in [0.2, 0.25) is 0 Å². The Hall–Kier alpha value is -3.41. The van der Waals surface area contributed by atoms with Gasteiger partial charge in [-0.25, -0.2) is 0 Å². The summed E-state index contributed by atoms with van der Waals surface area (Å²) in [6.07, 6.45) is 91.9. The minimum atomic E-state index is -0.780. The Labute approximate surface area is 503 Å². The van der Waals surface area contributed by atoms with Crippen LogP contribution in [-0.2, 0) is 28.6 Å². The molecule has 0 radical (unpaired) electrons. The van der Waals surface area contributed by atoms with Crippen LogP contribution in [0.1, 0.15) is 355 Å². The Morgan fingerprint density at radius 2 is 0.494 bits per heavy atom. The van der Waals surface area contributed by atoms with Gasteiger partial charge in [-0.2, -0.15) is 0 Å². The van der Waals surface area contributed by atoms with E-state index in [1.807, 2.05) is 0 Å². The third-order valence-electron chi connectivity index (χ3n) is 15.4. The highest BCUT2D eigenvalue weighted by atomic mass is 16.6. The first-order chi connectivity index (χ1) is 40.0. The topological polar surface area (TPSA) is 78.9 Å². The zero-order chi connectivity index (χ0) is 58.5. The van der Waals surface area contributed by atoms with Gasteiger partial charge < -0.3 is 14.2 Å². The zero-order valence-corrected chi connectivity index (χ0v) is 53.8. The highest BCUT2D eigenvalue weighted by molar-refractivity contribution is 5.71. The third-order valence-corrected chi connectivity index (χ3v) is 15.4. The van der Waals surface area contributed by atoms with Crippen LogP contribution in [0, 0.1) is 0 Å². The Morgan fingerprint density at radius 3 is 0.802 bits per heavy atom. The van der Waals surface area contributed by atoms with Crippen molar-refractivity contribution in [3.8, 4) is 0 Å². The Bertz CT molecular complexity index is 1530. The fourth-order valence-electron chi connectivity index (χ4n) is 10.1. The van der Waals surface area contributed by atoms with E-state index in [9.17, 15) is 14.4 Å². The molecule has 0 heterocycles. The molecule has 0 aromatic carbocycles. The SMILES string of the molecule is CC/C=C\C/C=C\C/C=C\C/C=C\CCCCCCCCCCCCCCCCCCCCCCC(=O)OCC(COC(=O)CCCCCCC/C=C\CCCC)OC(=O)CCCCCCCCCCC/C=C\C/C=C\CCCCC. The fourth-order valence-corrected chi connectivity index (χ4v) is 10.1. The number of hydrogen-bond donors (Lipinski definition) is 0. The monoisotopic (exact) mass is 1130 g/mol. The lowest BCUT2D eigenvalue weighted by atomic mass is 10.0. The number of carbonyl (C=O) groups excluding carboxylic acids is 3. The van der Waals surface area contributed by atoms with Crippen LogP contribution in [0.15, 0.2) is 85.1 Å². The first-order valence-corrected chi connectivity index (χ1v) is 35.1. The van der Waals surface area contributed by atoms with Crippen molar-refractivity contribution in [3.63, 3.8) is 0 Å². The second-order valence-corrected chi connectivity index (χ2v) is 23.4. The fraction of sp³-hybridized carbons (Fsp3) is 0.773. The Kier molecular flexibility index (Phi) is 66.2. The largest absolute Gasteiger partial charge is 0.462 e. The quantitative estimate of drug-likeness (QED) is 0.0261. The van der Waals surface area contributed by atoms with Crippen molar-refractivity contribution in [1.82, 2.24) is 0 Å². The molecule has 81 heavy (non-hydrogen) atoms. The maximum absolute atomic E-state index is 12.9. The predicted molar refractivity (Wildman–Crippen MR) is 353 cm³/mol. The van der Waals surface area contributed by atoms with Gasteiger partial charge in [0.15, 0.2) is 6.10 Å². The predicted octanol–water partition coefficient (Wildman–Crippen LogP) is 24.2. The van der Waals surface area contributed by atoms with E-state index in [0.29, 0.717) is 19.3 Å². The van der Waals surface area contributed by atoms with E-state index >= 15 is 0 Å². The number of ether oxygens (including phenoxy) is 3. The van der Waals surface area contributed by atoms with Crippen molar-refractivity contribution in [2.75, 3.05) is 13.2 Å². The van der Waals surface area contributed by atoms with Gasteiger partial charge in [-0.05, 0) is 109 Å². The van der Waals surface area contributed by atoms with Gasteiger partial charge in [0.2, 0.25) is 0 Å². The molecule has 0 aromatic rings. The number of hydrogen-bond acceptors (Lipinski definition) is 6. The first-order valence-electron chi connectivity index (χ1n) is 35.1. The maximum Gasteiger partial charge on any atom is 0.306 e. The van der Waals surface area contributed by atoms with Gasteiger partial charge in [0, 0.05) is 19.3 Å². The van der Waals surface area contributed by atoms with Crippen LogP contribution in [0.3, 0.4) is 0 Å². The molecule has 6 nitrogen and oxygen atoms in total. The van der Waals surface area contributed by atoms with Gasteiger partial charge in [-0.15, -0.1) is 0 Å². The van der Waals surface area contributed by atoms with Crippen LogP contribution in [-0.4, -0.2) is 37.2 Å². The summed E-state index contributed by atoms with van der Waals surface area (Å²) in [5, 5.41) is 0. The summed E-state index contributed by atoms with van der Waals surface area (Å²) in [7, 11) is 0. The summed E-state index contributed by atoms with van der Waals surface area (Å²) in [6.45, 7) is 6.50. The molecule has 0 rings (SSSR count). The smallest absolute Gasteiger partial charge is 0.306 e. The van der Waals surface area contributed by atoms with E-state index in [1.165, 1.54) is 218 Å². The van der Waals surface area contributed by atoms with Crippen LogP contribution in [0.25, 0.3) is 0 Å². The molecular weight excluding hydrogens is 997 g/mol. The van der Waals surface area contributed by atoms with E-state index in [-0.39, 0.29) is 31.1 Å². The normalized spacial score (nSPS) is 12.6. The highest BCUT2D eigenvalue weighted by Gasteiger charge is 2.19. The Balaban J connectivity index is 4.12. The molecule has 1 unspecified atom stereocenters. The number of unbranched alkanes of at least 4 members (excludes halogenated alkanes) is 39. The van der Waals surface area contributed by atoms with E-state index in [1.54, 1.807) is 0 Å². The zero-order valence-electron chi connectivity index (χ0n) is 53.8. The summed E-state index contributed by atoms with van der Waals surface area (Å²) in [4.78, 5) is 38.3. The minimum absolute atomic E-state index is 0.0765. The third kappa shape index (κ3) is 67.3. The lowest BCUT2D eigenvalue weighted by Gasteiger charge is -2.18. The molecule has 1 atom stereocenters. The molecule has 0 N–H and O–H groups in total. The van der Waals surface area contributed by atoms with Gasteiger partial charge >= 0.3 is 17.9 Å². The van der Waals surface area contributed by atoms with Crippen molar-refractivity contribution in [3.05, 3.63) is 85.1 Å². The summed E-state index contributed by atoms with van der Waals surface area (Å²) < 4.78 is 16.9. The summed E-state index contributed by atoms with van der Waals surface area (Å²) >= 11 is 0. The second-order valence-electron chi connectivity index (χ2n) is 23.4. The number of allylic oxidation sites excluding steroid dienone is 14. The van der Waals surface area contributed by atoms with Gasteiger partial charge in [-0.1, -0.05) is 311 Å². The van der Waals surface area contributed by atoms with Crippen LogP contribution >= 0.6 is 0 Å². The molecule has 0 aliphatic carbocycles. The molecule has 0 bridgehead atoms. The molecule has 0 spiro atoms. The number of rotatable bonds is 64. The molecule has 6 heteroatoms. The van der Waals surface area contributed by atoms with Crippen molar-refractivity contribution < 1.29 is 28.6 Å². The molecule has 0 aliphatic rings. The summed E-state index contributed by atoms with van der Waals surface area (Å²) in [5.74, 6) is -0.873. The number of esters is 3. The number of carbonyl (C=O) groups is 3. The van der Waals surface area contributed by atoms with Gasteiger partial charge in [0.05, 0.1) is 0 Å². The lowest BCUT2D eigenvalue weighted by Crippen LogP contribution is -2.30. The van der Waals surface area contributed by atoms with E-state index in [2.05, 4.69) is 106 Å². The van der Waals surface area contributed by atoms with E-state index in [4.69, 9.17) is 14.2 Å². The van der Waals surface area contributed by atoms with Crippen molar-refractivity contribution in [2.45, 2.75) is 361 Å².